The van der Waals surface area contributed by atoms with Crippen molar-refractivity contribution in [2.75, 3.05) is 0 Å². The van der Waals surface area contributed by atoms with Gasteiger partial charge in [0.15, 0.2) is 8.32 Å². The molecule has 1 aromatic carbocycles. The number of hydrogen-bond donors (Lipinski definition) is 1. The lowest BCUT2D eigenvalue weighted by Gasteiger charge is -2.43. The fourth-order valence-corrected chi connectivity index (χ4v) is 4.19. The number of benzene rings is 1. The third-order valence-corrected chi connectivity index (χ3v) is 10.2. The maximum Gasteiger partial charge on any atom is 0.192 e. The van der Waals surface area contributed by atoms with Crippen molar-refractivity contribution >= 4 is 14.1 Å². The van der Waals surface area contributed by atoms with Crippen molar-refractivity contribution in [3.63, 3.8) is 0 Å². The van der Waals surface area contributed by atoms with E-state index in [9.17, 15) is 9.90 Å². The third kappa shape index (κ3) is 8.28. The van der Waals surface area contributed by atoms with Gasteiger partial charge in [-0.3, -0.25) is 4.79 Å². The fraction of sp³-hybridized carbons (Fsp3) is 0.696. The first-order valence-corrected chi connectivity index (χ1v) is 13.0. The molecule has 1 rings (SSSR count). The molecule has 3 nitrogen and oxygen atoms in total. The van der Waals surface area contributed by atoms with Gasteiger partial charge in [0.1, 0.15) is 5.78 Å². The van der Waals surface area contributed by atoms with Crippen molar-refractivity contribution in [3.8, 4) is 0 Å². The molecule has 0 aliphatic rings. The minimum Gasteiger partial charge on any atom is -0.413 e. The van der Waals surface area contributed by atoms with Crippen LogP contribution in [0.3, 0.4) is 0 Å². The first-order valence-electron chi connectivity index (χ1n) is 10.1. The number of aryl methyl sites for hydroxylation is 1. The molecule has 2 atom stereocenters. The highest BCUT2D eigenvalue weighted by atomic mass is 28.4. The van der Waals surface area contributed by atoms with Gasteiger partial charge < -0.3 is 9.53 Å². The van der Waals surface area contributed by atoms with E-state index in [1.54, 1.807) is 0 Å². The summed E-state index contributed by atoms with van der Waals surface area (Å²) in [6, 6.07) is 10.1. The number of carbonyl (C=O) groups is 1. The molecular weight excluding hydrogens is 352 g/mol. The molecule has 0 fully saturated rings. The lowest BCUT2D eigenvalue weighted by atomic mass is 9.85. The zero-order valence-corrected chi connectivity index (χ0v) is 19.6. The first-order chi connectivity index (χ1) is 12.2. The summed E-state index contributed by atoms with van der Waals surface area (Å²) < 4.78 is 6.58. The summed E-state index contributed by atoms with van der Waals surface area (Å²) >= 11 is 0. The van der Waals surface area contributed by atoms with Crippen LogP contribution in [0.4, 0.5) is 0 Å². The van der Waals surface area contributed by atoms with Crippen LogP contribution in [0.5, 0.6) is 0 Å². The average Bonchev–Trinajstić information content (AvgIpc) is 2.51. The molecule has 0 radical (unpaired) electrons. The molecule has 0 amide bonds. The van der Waals surface area contributed by atoms with Gasteiger partial charge in [-0.2, -0.15) is 0 Å². The van der Waals surface area contributed by atoms with Gasteiger partial charge in [-0.1, -0.05) is 71.9 Å². The minimum atomic E-state index is -1.96. The van der Waals surface area contributed by atoms with Crippen LogP contribution in [-0.2, 0) is 15.6 Å². The van der Waals surface area contributed by atoms with Gasteiger partial charge in [-0.15, -0.1) is 0 Å². The summed E-state index contributed by atoms with van der Waals surface area (Å²) in [7, 11) is -1.96. The predicted octanol–water partition coefficient (Wildman–Crippen LogP) is 5.77. The van der Waals surface area contributed by atoms with Crippen molar-refractivity contribution < 1.29 is 14.3 Å². The van der Waals surface area contributed by atoms with E-state index >= 15 is 0 Å². The molecule has 1 N–H and O–H groups in total. The Labute approximate surface area is 167 Å². The Morgan fingerprint density at radius 1 is 1.04 bits per heavy atom. The van der Waals surface area contributed by atoms with E-state index < -0.39 is 14.4 Å². The summed E-state index contributed by atoms with van der Waals surface area (Å²) in [5.74, 6) is 0.0918. The molecule has 0 aliphatic carbocycles. The Balaban J connectivity index is 2.63. The number of rotatable bonds is 9. The van der Waals surface area contributed by atoms with Crippen molar-refractivity contribution in [1.29, 1.82) is 0 Å². The fourth-order valence-electron chi connectivity index (χ4n) is 2.69. The number of ketones is 1. The summed E-state index contributed by atoms with van der Waals surface area (Å²) in [5, 5.41) is 10.4. The maximum absolute atomic E-state index is 12.6. The van der Waals surface area contributed by atoms with E-state index in [-0.39, 0.29) is 28.8 Å². The number of carbonyl (C=O) groups excluding carboxylic acids is 1. The van der Waals surface area contributed by atoms with Gasteiger partial charge in [-0.05, 0) is 42.0 Å². The van der Waals surface area contributed by atoms with Crippen LogP contribution in [0.25, 0.3) is 0 Å². The van der Waals surface area contributed by atoms with Gasteiger partial charge in [-0.25, -0.2) is 0 Å². The standard InChI is InChI=1S/C23H40O3Si/c1-22(2,3)21(26-27(7,8)23(4,5)6)17-20(25)16-19(24)15-14-18-12-10-9-11-13-18/h9-13,19,21,24H,14-17H2,1-8H3/t19-,21+/m0/s1. The molecule has 0 spiro atoms. The van der Waals surface area contributed by atoms with Gasteiger partial charge in [0, 0.05) is 12.8 Å². The second-order valence-corrected chi connectivity index (χ2v) is 15.1. The molecule has 154 valence electrons. The van der Waals surface area contributed by atoms with E-state index in [0.717, 1.165) is 6.42 Å². The Morgan fingerprint density at radius 3 is 2.07 bits per heavy atom. The third-order valence-electron chi connectivity index (χ3n) is 5.69. The average molecular weight is 393 g/mol. The van der Waals surface area contributed by atoms with E-state index in [4.69, 9.17) is 4.43 Å². The molecule has 4 heteroatoms. The van der Waals surface area contributed by atoms with Crippen LogP contribution in [0, 0.1) is 5.41 Å². The van der Waals surface area contributed by atoms with Crippen molar-refractivity contribution in [2.24, 2.45) is 5.41 Å². The zero-order chi connectivity index (χ0) is 20.9. The van der Waals surface area contributed by atoms with E-state index in [0.29, 0.717) is 12.8 Å². The van der Waals surface area contributed by atoms with Crippen molar-refractivity contribution in [1.82, 2.24) is 0 Å². The second-order valence-electron chi connectivity index (χ2n) is 10.4. The summed E-state index contributed by atoms with van der Waals surface area (Å²) in [6.45, 7) is 17.5. The highest BCUT2D eigenvalue weighted by molar-refractivity contribution is 6.74. The maximum atomic E-state index is 12.6. The number of Topliss-reactive ketones (excluding diaryl/α,β-unsaturated/α-hetero) is 1. The zero-order valence-electron chi connectivity index (χ0n) is 18.6. The Hall–Kier alpha value is -0.973. The normalized spacial score (nSPS) is 15.4. The minimum absolute atomic E-state index is 0.0918. The molecule has 0 heterocycles. The highest BCUT2D eigenvalue weighted by Crippen LogP contribution is 2.40. The molecule has 0 saturated carbocycles. The molecule has 27 heavy (non-hydrogen) atoms. The van der Waals surface area contributed by atoms with Crippen LogP contribution < -0.4 is 0 Å². The lowest BCUT2D eigenvalue weighted by molar-refractivity contribution is -0.124. The lowest BCUT2D eigenvalue weighted by Crippen LogP contribution is -2.48. The van der Waals surface area contributed by atoms with Crippen molar-refractivity contribution in [3.05, 3.63) is 35.9 Å². The van der Waals surface area contributed by atoms with Crippen LogP contribution in [-0.4, -0.2) is 31.4 Å². The molecule has 0 bridgehead atoms. The van der Waals surface area contributed by atoms with Gasteiger partial charge in [0.2, 0.25) is 0 Å². The largest absolute Gasteiger partial charge is 0.413 e. The van der Waals surface area contributed by atoms with E-state index in [1.165, 1.54) is 5.56 Å². The van der Waals surface area contributed by atoms with Crippen LogP contribution in [0.2, 0.25) is 18.1 Å². The van der Waals surface area contributed by atoms with Gasteiger partial charge in [0.25, 0.3) is 0 Å². The van der Waals surface area contributed by atoms with E-state index in [2.05, 4.69) is 66.8 Å². The molecule has 0 unspecified atom stereocenters. The molecule has 0 aliphatic heterocycles. The van der Waals surface area contributed by atoms with Crippen molar-refractivity contribution in [2.45, 2.75) is 97.6 Å². The first kappa shape index (κ1) is 24.1. The predicted molar refractivity (Wildman–Crippen MR) is 117 cm³/mol. The molecule has 0 saturated heterocycles. The highest BCUT2D eigenvalue weighted by Gasteiger charge is 2.42. The quantitative estimate of drug-likeness (QED) is 0.543. The van der Waals surface area contributed by atoms with Crippen LogP contribution in [0.15, 0.2) is 30.3 Å². The number of aliphatic hydroxyl groups excluding tert-OH is 1. The van der Waals surface area contributed by atoms with E-state index in [1.807, 2.05) is 18.2 Å². The molecular formula is C23H40O3Si. The van der Waals surface area contributed by atoms with Gasteiger partial charge in [0.05, 0.1) is 12.2 Å². The Kier molecular flexibility index (Phi) is 8.45. The van der Waals surface area contributed by atoms with Gasteiger partial charge >= 0.3 is 0 Å². The number of hydrogen-bond acceptors (Lipinski definition) is 3. The SMILES string of the molecule is CC(C)(C)[C@@H](CC(=O)C[C@@H](O)CCc1ccccc1)O[Si](C)(C)C(C)(C)C. The molecule has 1 aromatic rings. The Bertz CT molecular complexity index is 582. The van der Waals surface area contributed by atoms with Crippen LogP contribution >= 0.6 is 0 Å². The summed E-state index contributed by atoms with van der Waals surface area (Å²) in [5.41, 5.74) is 1.08. The Morgan fingerprint density at radius 2 is 1.59 bits per heavy atom. The van der Waals surface area contributed by atoms with Crippen LogP contribution in [0.1, 0.15) is 66.4 Å². The summed E-state index contributed by atoms with van der Waals surface area (Å²) in [4.78, 5) is 12.6. The topological polar surface area (TPSA) is 46.5 Å². The smallest absolute Gasteiger partial charge is 0.192 e. The molecule has 0 aromatic heterocycles. The summed E-state index contributed by atoms with van der Waals surface area (Å²) in [6.07, 6.45) is 1.27. The monoisotopic (exact) mass is 392 g/mol. The second kappa shape index (κ2) is 9.49. The number of aliphatic hydroxyl groups is 1.